The van der Waals surface area contributed by atoms with E-state index in [-0.39, 0.29) is 17.6 Å². The maximum absolute atomic E-state index is 13.1. The van der Waals surface area contributed by atoms with Gasteiger partial charge >= 0.3 is 6.03 Å². The van der Waals surface area contributed by atoms with Crippen molar-refractivity contribution < 1.29 is 19.1 Å². The first-order valence-electron chi connectivity index (χ1n) is 13.5. The molecule has 2 aromatic heterocycles. The second kappa shape index (κ2) is 12.8. The highest BCUT2D eigenvalue weighted by Crippen LogP contribution is 2.31. The molecule has 2 aliphatic heterocycles. The van der Waals surface area contributed by atoms with Gasteiger partial charge in [0.1, 0.15) is 17.3 Å². The molecule has 0 bridgehead atoms. The Morgan fingerprint density at radius 1 is 0.950 bits per heavy atom. The van der Waals surface area contributed by atoms with Gasteiger partial charge in [-0.1, -0.05) is 12.1 Å². The number of carbonyl (C=O) groups excluding carboxylic acids is 3. The molecule has 12 heteroatoms. The van der Waals surface area contributed by atoms with Crippen LogP contribution in [0.3, 0.4) is 0 Å². The number of benzene rings is 1. The molecule has 5 rings (SSSR count). The average Bonchev–Trinajstić information content (AvgIpc) is 3.51. The summed E-state index contributed by atoms with van der Waals surface area (Å²) in [6.07, 6.45) is 3.37. The van der Waals surface area contributed by atoms with E-state index in [1.165, 1.54) is 11.3 Å². The number of likely N-dealkylation sites (tertiary alicyclic amines) is 1. The Balaban J connectivity index is 1.07. The highest BCUT2D eigenvalue weighted by Gasteiger charge is 2.30. The molecule has 40 heavy (non-hydrogen) atoms. The normalized spacial score (nSPS) is 16.0. The fraction of sp³-hybridized carbons (Fsp3) is 0.393. The maximum Gasteiger partial charge on any atom is 0.320 e. The quantitative estimate of drug-likeness (QED) is 0.442. The van der Waals surface area contributed by atoms with Crippen LogP contribution in [-0.4, -0.2) is 83.5 Å². The Bertz CT molecular complexity index is 1320. The molecule has 3 aromatic rings. The van der Waals surface area contributed by atoms with E-state index in [1.54, 1.807) is 35.8 Å². The highest BCUT2D eigenvalue weighted by atomic mass is 32.1. The number of piperidine rings is 1. The number of hydrogen-bond acceptors (Lipinski definition) is 8. The van der Waals surface area contributed by atoms with E-state index >= 15 is 0 Å². The minimum absolute atomic E-state index is 0.0841. The van der Waals surface area contributed by atoms with Gasteiger partial charge in [-0.05, 0) is 50.1 Å². The summed E-state index contributed by atoms with van der Waals surface area (Å²) in [4.78, 5) is 53.1. The monoisotopic (exact) mass is 563 g/mol. The zero-order chi connectivity index (χ0) is 27.9. The molecule has 2 aliphatic rings. The molecular weight excluding hydrogens is 530 g/mol. The van der Waals surface area contributed by atoms with Gasteiger partial charge in [0.05, 0.1) is 11.6 Å². The number of ether oxygens (including phenoxy) is 1. The fourth-order valence-electron chi connectivity index (χ4n) is 4.91. The van der Waals surface area contributed by atoms with Gasteiger partial charge in [-0.15, -0.1) is 11.3 Å². The molecule has 0 radical (unpaired) electrons. The fourth-order valence-corrected chi connectivity index (χ4v) is 5.88. The Morgan fingerprint density at radius 2 is 1.70 bits per heavy atom. The molecule has 4 amide bonds. The van der Waals surface area contributed by atoms with E-state index in [1.807, 2.05) is 34.9 Å². The second-order valence-corrected chi connectivity index (χ2v) is 10.5. The van der Waals surface area contributed by atoms with E-state index in [9.17, 15) is 14.4 Å². The molecular formula is C28H33N7O4S. The molecule has 210 valence electrons. The SMILES string of the molecule is CCOc1cccc(C(=O)NNC(=O)c2csc(C3CCN(C(=O)N4CCN(c5ccccn5)CC4)CC3)n2)c1. The molecule has 0 atom stereocenters. The number of hydrazine groups is 1. The summed E-state index contributed by atoms with van der Waals surface area (Å²) >= 11 is 1.43. The van der Waals surface area contributed by atoms with Gasteiger partial charge in [0.15, 0.2) is 0 Å². The Hall–Kier alpha value is -4.19. The van der Waals surface area contributed by atoms with Gasteiger partial charge in [0.25, 0.3) is 11.8 Å². The summed E-state index contributed by atoms with van der Waals surface area (Å²) in [6.45, 7) is 6.55. The highest BCUT2D eigenvalue weighted by molar-refractivity contribution is 7.09. The molecule has 0 unspecified atom stereocenters. The number of aromatic nitrogens is 2. The third-order valence-electron chi connectivity index (χ3n) is 7.09. The lowest BCUT2D eigenvalue weighted by Gasteiger charge is -2.39. The molecule has 11 nitrogen and oxygen atoms in total. The molecule has 2 saturated heterocycles. The van der Waals surface area contributed by atoms with Crippen LogP contribution < -0.4 is 20.5 Å². The lowest BCUT2D eigenvalue weighted by molar-refractivity contribution is 0.0844. The number of pyridine rings is 1. The molecule has 2 N–H and O–H groups in total. The number of amides is 4. The number of nitrogens with one attached hydrogen (secondary N) is 2. The van der Waals surface area contributed by atoms with E-state index in [2.05, 4.69) is 25.7 Å². The molecule has 2 fully saturated rings. The first kappa shape index (κ1) is 27.4. The second-order valence-electron chi connectivity index (χ2n) is 9.65. The lowest BCUT2D eigenvalue weighted by atomic mass is 9.98. The van der Waals surface area contributed by atoms with Crippen molar-refractivity contribution in [2.24, 2.45) is 0 Å². The van der Waals surface area contributed by atoms with Crippen LogP contribution >= 0.6 is 11.3 Å². The van der Waals surface area contributed by atoms with E-state index in [0.717, 1.165) is 36.8 Å². The zero-order valence-electron chi connectivity index (χ0n) is 22.4. The van der Waals surface area contributed by atoms with Crippen LogP contribution in [0.1, 0.15) is 51.5 Å². The van der Waals surface area contributed by atoms with Gasteiger partial charge in [-0.3, -0.25) is 20.4 Å². The van der Waals surface area contributed by atoms with Crippen LogP contribution in [0.25, 0.3) is 0 Å². The van der Waals surface area contributed by atoms with E-state index in [4.69, 9.17) is 4.74 Å². The van der Waals surface area contributed by atoms with Gasteiger partial charge in [-0.2, -0.15) is 0 Å². The van der Waals surface area contributed by atoms with Crippen molar-refractivity contribution in [2.75, 3.05) is 50.8 Å². The van der Waals surface area contributed by atoms with Crippen molar-refractivity contribution in [3.63, 3.8) is 0 Å². The minimum Gasteiger partial charge on any atom is -0.494 e. The molecule has 4 heterocycles. The number of nitrogens with zero attached hydrogens (tertiary/aromatic N) is 5. The Kier molecular flexibility index (Phi) is 8.74. The number of carbonyl (C=O) groups is 3. The summed E-state index contributed by atoms with van der Waals surface area (Å²) in [7, 11) is 0. The summed E-state index contributed by atoms with van der Waals surface area (Å²) in [5, 5.41) is 2.57. The first-order valence-corrected chi connectivity index (χ1v) is 14.4. The van der Waals surface area contributed by atoms with Gasteiger partial charge in [-0.25, -0.2) is 14.8 Å². The van der Waals surface area contributed by atoms with Crippen LogP contribution in [0.15, 0.2) is 54.0 Å². The van der Waals surface area contributed by atoms with Crippen molar-refractivity contribution in [3.8, 4) is 5.75 Å². The molecule has 1 aromatic carbocycles. The lowest BCUT2D eigenvalue weighted by Crippen LogP contribution is -2.54. The van der Waals surface area contributed by atoms with Crippen molar-refractivity contribution in [2.45, 2.75) is 25.7 Å². The van der Waals surface area contributed by atoms with Crippen LogP contribution in [0.4, 0.5) is 10.6 Å². The number of anilines is 1. The number of hydrogen-bond donors (Lipinski definition) is 2. The van der Waals surface area contributed by atoms with Crippen molar-refractivity contribution in [1.29, 1.82) is 0 Å². The summed E-state index contributed by atoms with van der Waals surface area (Å²) in [6, 6.07) is 12.7. The first-order chi connectivity index (χ1) is 19.5. The topological polar surface area (TPSA) is 120 Å². The Morgan fingerprint density at radius 3 is 2.42 bits per heavy atom. The van der Waals surface area contributed by atoms with Crippen LogP contribution in [-0.2, 0) is 0 Å². The molecule has 0 spiro atoms. The number of piperazine rings is 1. The minimum atomic E-state index is -0.478. The smallest absolute Gasteiger partial charge is 0.320 e. The number of urea groups is 1. The third kappa shape index (κ3) is 6.50. The zero-order valence-corrected chi connectivity index (χ0v) is 23.2. The van der Waals surface area contributed by atoms with Crippen LogP contribution in [0.5, 0.6) is 5.75 Å². The van der Waals surface area contributed by atoms with E-state index < -0.39 is 11.8 Å². The summed E-state index contributed by atoms with van der Waals surface area (Å²) in [5.41, 5.74) is 5.50. The van der Waals surface area contributed by atoms with Gasteiger partial charge < -0.3 is 19.4 Å². The largest absolute Gasteiger partial charge is 0.494 e. The molecule has 0 saturated carbocycles. The summed E-state index contributed by atoms with van der Waals surface area (Å²) < 4.78 is 5.42. The van der Waals surface area contributed by atoms with Crippen molar-refractivity contribution >= 4 is 35.0 Å². The standard InChI is InChI=1S/C28H33N7O4S/c1-2-39-22-7-5-6-21(18-22)25(36)31-32-26(37)23-19-40-27(30-23)20-9-12-34(13-10-20)28(38)35-16-14-33(15-17-35)24-8-3-4-11-29-24/h3-8,11,18-20H,2,9-10,12-17H2,1H3,(H,31,36)(H,32,37). The molecule has 0 aliphatic carbocycles. The van der Waals surface area contributed by atoms with Gasteiger partial charge in [0, 0.05) is 62.3 Å². The van der Waals surface area contributed by atoms with Gasteiger partial charge in [0.2, 0.25) is 0 Å². The predicted octanol–water partition coefficient (Wildman–Crippen LogP) is 3.13. The van der Waals surface area contributed by atoms with Crippen LogP contribution in [0, 0.1) is 0 Å². The third-order valence-corrected chi connectivity index (χ3v) is 8.10. The van der Waals surface area contributed by atoms with E-state index in [0.29, 0.717) is 44.1 Å². The van der Waals surface area contributed by atoms with Crippen molar-refractivity contribution in [1.82, 2.24) is 30.6 Å². The predicted molar refractivity (Wildman–Crippen MR) is 152 cm³/mol. The average molecular weight is 564 g/mol. The maximum atomic E-state index is 13.1. The number of thiazole rings is 1. The van der Waals surface area contributed by atoms with Crippen molar-refractivity contribution in [3.05, 3.63) is 70.3 Å². The van der Waals surface area contributed by atoms with Crippen LogP contribution in [0.2, 0.25) is 0 Å². The summed E-state index contributed by atoms with van der Waals surface area (Å²) in [5.74, 6) is 0.797. The Labute approximate surface area is 237 Å². The number of rotatable bonds is 6.